The lowest BCUT2D eigenvalue weighted by molar-refractivity contribution is 0.0713. The molecule has 1 saturated carbocycles. The number of nitrogens with zero attached hydrogens (tertiary/aromatic N) is 7. The van der Waals surface area contributed by atoms with Gasteiger partial charge in [0.05, 0.1) is 47.9 Å². The highest BCUT2D eigenvalue weighted by atomic mass is 15.5. The number of hydrogen-bond donors (Lipinski definition) is 1. The maximum atomic E-state index is 9.28. The van der Waals surface area contributed by atoms with E-state index in [1.165, 1.54) is 0 Å². The van der Waals surface area contributed by atoms with Gasteiger partial charge in [-0.15, -0.1) is 0 Å². The maximum Gasteiger partial charge on any atom is 0.113 e. The quantitative estimate of drug-likeness (QED) is 0.579. The van der Waals surface area contributed by atoms with Gasteiger partial charge in [0, 0.05) is 28.9 Å². The van der Waals surface area contributed by atoms with E-state index < -0.39 is 5.54 Å². The van der Waals surface area contributed by atoms with Crippen molar-refractivity contribution in [2.75, 3.05) is 0 Å². The van der Waals surface area contributed by atoms with Crippen molar-refractivity contribution in [3.63, 3.8) is 0 Å². The van der Waals surface area contributed by atoms with Gasteiger partial charge in [-0.05, 0) is 36.6 Å². The van der Waals surface area contributed by atoms with E-state index in [4.69, 9.17) is 10.4 Å². The standard InChI is InChI=1S/C21H16N8/c22-4-3-21(8-14(9-21)10-23)29-27-13-20(28-29)18-6-15(16-11-25-26-12-16)7-19-17(18)2-1-5-24-19/h1-2,5-7,11-14H,3,8-9H2,(H,25,26). The summed E-state index contributed by atoms with van der Waals surface area (Å²) in [7, 11) is 0. The minimum Gasteiger partial charge on any atom is -0.285 e. The lowest BCUT2D eigenvalue weighted by Crippen LogP contribution is -2.47. The van der Waals surface area contributed by atoms with Gasteiger partial charge in [0.2, 0.25) is 0 Å². The predicted molar refractivity (Wildman–Crippen MR) is 105 cm³/mol. The number of benzene rings is 1. The molecule has 4 aromatic rings. The zero-order valence-electron chi connectivity index (χ0n) is 15.4. The Labute approximate surface area is 166 Å². The van der Waals surface area contributed by atoms with Gasteiger partial charge in [0.25, 0.3) is 0 Å². The number of fused-ring (bicyclic) bond motifs is 1. The molecule has 140 valence electrons. The summed E-state index contributed by atoms with van der Waals surface area (Å²) in [5.74, 6) is -0.0488. The Hall–Kier alpha value is -4.04. The summed E-state index contributed by atoms with van der Waals surface area (Å²) in [6.07, 6.45) is 8.58. The Kier molecular flexibility index (Phi) is 3.85. The molecule has 0 atom stereocenters. The fourth-order valence-corrected chi connectivity index (χ4v) is 4.06. The van der Waals surface area contributed by atoms with Crippen molar-refractivity contribution in [3.05, 3.63) is 49.1 Å². The van der Waals surface area contributed by atoms with Gasteiger partial charge in [-0.3, -0.25) is 10.1 Å². The van der Waals surface area contributed by atoms with E-state index in [0.29, 0.717) is 18.5 Å². The monoisotopic (exact) mass is 380 g/mol. The van der Waals surface area contributed by atoms with E-state index in [9.17, 15) is 5.26 Å². The molecular weight excluding hydrogens is 364 g/mol. The molecule has 0 amide bonds. The van der Waals surface area contributed by atoms with Crippen LogP contribution in [0.25, 0.3) is 33.3 Å². The summed E-state index contributed by atoms with van der Waals surface area (Å²) in [5, 5.41) is 35.5. The van der Waals surface area contributed by atoms with Crippen molar-refractivity contribution >= 4 is 10.9 Å². The number of nitrogens with one attached hydrogen (secondary N) is 1. The molecule has 1 aliphatic carbocycles. The normalized spacial score (nSPS) is 20.7. The lowest BCUT2D eigenvalue weighted by Gasteiger charge is -2.42. The highest BCUT2D eigenvalue weighted by molar-refractivity contribution is 5.97. The summed E-state index contributed by atoms with van der Waals surface area (Å²) in [6.45, 7) is 0. The molecule has 5 rings (SSSR count). The fourth-order valence-electron chi connectivity index (χ4n) is 4.06. The smallest absolute Gasteiger partial charge is 0.113 e. The minimum absolute atomic E-state index is 0.0488. The summed E-state index contributed by atoms with van der Waals surface area (Å²) in [5.41, 5.74) is 3.93. The first-order chi connectivity index (χ1) is 14.2. The van der Waals surface area contributed by atoms with Crippen LogP contribution in [0.4, 0.5) is 0 Å². The summed E-state index contributed by atoms with van der Waals surface area (Å²) in [6, 6.07) is 12.5. The Bertz CT molecular complexity index is 1270. The molecule has 29 heavy (non-hydrogen) atoms. The molecule has 8 nitrogen and oxygen atoms in total. The Morgan fingerprint density at radius 1 is 1.21 bits per heavy atom. The second-order valence-corrected chi connectivity index (χ2v) is 7.39. The number of pyridine rings is 1. The topological polar surface area (TPSA) is 120 Å². The third kappa shape index (κ3) is 2.74. The zero-order chi connectivity index (χ0) is 19.8. The Balaban J connectivity index is 1.62. The first kappa shape index (κ1) is 17.1. The molecule has 0 spiro atoms. The molecule has 0 aliphatic heterocycles. The average Bonchev–Trinajstić information content (AvgIpc) is 3.42. The van der Waals surface area contributed by atoms with Crippen LogP contribution < -0.4 is 0 Å². The number of H-pyrrole nitrogens is 1. The van der Waals surface area contributed by atoms with Crippen molar-refractivity contribution in [2.24, 2.45) is 5.92 Å². The van der Waals surface area contributed by atoms with E-state index in [2.05, 4.69) is 38.5 Å². The van der Waals surface area contributed by atoms with Gasteiger partial charge >= 0.3 is 0 Å². The van der Waals surface area contributed by atoms with Crippen LogP contribution in [0.15, 0.2) is 49.1 Å². The lowest BCUT2D eigenvalue weighted by atomic mass is 9.68. The maximum absolute atomic E-state index is 9.28. The molecule has 1 aliphatic rings. The van der Waals surface area contributed by atoms with Gasteiger partial charge < -0.3 is 0 Å². The van der Waals surface area contributed by atoms with Crippen molar-refractivity contribution in [1.82, 2.24) is 30.2 Å². The predicted octanol–water partition coefficient (Wildman–Crippen LogP) is 3.43. The summed E-state index contributed by atoms with van der Waals surface area (Å²) < 4.78 is 0. The van der Waals surface area contributed by atoms with E-state index in [0.717, 1.165) is 27.6 Å². The van der Waals surface area contributed by atoms with Gasteiger partial charge in [-0.25, -0.2) is 0 Å². The SMILES string of the molecule is N#CCC1(n2ncc(-c3cc(-c4cn[nH]c4)cc4ncccc34)n2)CC(C#N)C1. The van der Waals surface area contributed by atoms with Crippen molar-refractivity contribution in [3.8, 4) is 34.5 Å². The van der Waals surface area contributed by atoms with Crippen LogP contribution in [0.5, 0.6) is 0 Å². The number of aromatic amines is 1. The fraction of sp³-hybridized carbons (Fsp3) is 0.238. The van der Waals surface area contributed by atoms with Gasteiger partial charge in [0.1, 0.15) is 5.69 Å². The minimum atomic E-state index is -0.496. The first-order valence-corrected chi connectivity index (χ1v) is 9.30. The highest BCUT2D eigenvalue weighted by Crippen LogP contribution is 2.45. The number of rotatable bonds is 4. The van der Waals surface area contributed by atoms with Crippen LogP contribution in [0.2, 0.25) is 0 Å². The van der Waals surface area contributed by atoms with Crippen molar-refractivity contribution < 1.29 is 0 Å². The third-order valence-corrected chi connectivity index (χ3v) is 5.59. The van der Waals surface area contributed by atoms with Crippen LogP contribution in [0.3, 0.4) is 0 Å². The van der Waals surface area contributed by atoms with Gasteiger partial charge in [-0.1, -0.05) is 6.07 Å². The molecule has 0 unspecified atom stereocenters. The van der Waals surface area contributed by atoms with Crippen molar-refractivity contribution in [2.45, 2.75) is 24.8 Å². The Morgan fingerprint density at radius 2 is 2.10 bits per heavy atom. The summed E-state index contributed by atoms with van der Waals surface area (Å²) in [4.78, 5) is 6.14. The molecular formula is C21H16N8. The van der Waals surface area contributed by atoms with Crippen LogP contribution >= 0.6 is 0 Å². The van der Waals surface area contributed by atoms with Crippen molar-refractivity contribution in [1.29, 1.82) is 10.5 Å². The molecule has 0 bridgehead atoms. The average molecular weight is 380 g/mol. The van der Waals surface area contributed by atoms with E-state index in [-0.39, 0.29) is 12.3 Å². The largest absolute Gasteiger partial charge is 0.285 e. The van der Waals surface area contributed by atoms with Gasteiger partial charge in [0.15, 0.2) is 0 Å². The number of nitriles is 2. The zero-order valence-corrected chi connectivity index (χ0v) is 15.4. The van der Waals surface area contributed by atoms with Crippen LogP contribution in [0, 0.1) is 28.6 Å². The number of aromatic nitrogens is 6. The second kappa shape index (κ2) is 6.54. The molecule has 1 fully saturated rings. The van der Waals surface area contributed by atoms with Crippen LogP contribution in [0.1, 0.15) is 19.3 Å². The molecule has 0 saturated heterocycles. The second-order valence-electron chi connectivity index (χ2n) is 7.39. The molecule has 0 radical (unpaired) electrons. The van der Waals surface area contributed by atoms with E-state index in [1.807, 2.05) is 24.4 Å². The first-order valence-electron chi connectivity index (χ1n) is 9.30. The Morgan fingerprint density at radius 3 is 2.86 bits per heavy atom. The molecule has 3 aromatic heterocycles. The van der Waals surface area contributed by atoms with Crippen LogP contribution in [-0.2, 0) is 5.54 Å². The third-order valence-electron chi connectivity index (χ3n) is 5.59. The molecule has 8 heteroatoms. The van der Waals surface area contributed by atoms with Gasteiger partial charge in [-0.2, -0.15) is 30.6 Å². The molecule has 1 aromatic carbocycles. The van der Waals surface area contributed by atoms with E-state index >= 15 is 0 Å². The van der Waals surface area contributed by atoms with E-state index in [1.54, 1.807) is 23.4 Å². The molecule has 3 heterocycles. The number of hydrogen-bond acceptors (Lipinski definition) is 6. The highest BCUT2D eigenvalue weighted by Gasteiger charge is 2.48. The van der Waals surface area contributed by atoms with Crippen LogP contribution in [-0.4, -0.2) is 30.2 Å². The molecule has 1 N–H and O–H groups in total. The summed E-state index contributed by atoms with van der Waals surface area (Å²) >= 11 is 0.